The molecule has 0 amide bonds. The van der Waals surface area contributed by atoms with E-state index in [4.69, 9.17) is 0 Å². The van der Waals surface area contributed by atoms with Crippen LogP contribution in [0.25, 0.3) is 0 Å². The van der Waals surface area contributed by atoms with Gasteiger partial charge in [0.1, 0.15) is 5.75 Å². The molecule has 0 aliphatic heterocycles. The molecular formula is C12H15N3O. The molecule has 1 atom stereocenters. The van der Waals surface area contributed by atoms with E-state index in [9.17, 15) is 5.11 Å². The van der Waals surface area contributed by atoms with Crippen molar-refractivity contribution in [3.05, 3.63) is 42.2 Å². The van der Waals surface area contributed by atoms with Crippen molar-refractivity contribution in [1.82, 2.24) is 9.78 Å². The van der Waals surface area contributed by atoms with Crippen LogP contribution in [-0.4, -0.2) is 14.9 Å². The van der Waals surface area contributed by atoms with Gasteiger partial charge >= 0.3 is 0 Å². The summed E-state index contributed by atoms with van der Waals surface area (Å²) in [5, 5.41) is 16.6. The summed E-state index contributed by atoms with van der Waals surface area (Å²) in [6, 6.07) is 7.22. The minimum absolute atomic E-state index is 0.193. The molecule has 16 heavy (non-hydrogen) atoms. The van der Waals surface area contributed by atoms with Crippen molar-refractivity contribution in [2.24, 2.45) is 7.05 Å². The second-order valence-electron chi connectivity index (χ2n) is 3.86. The Morgan fingerprint density at radius 3 is 2.56 bits per heavy atom. The predicted molar refractivity (Wildman–Crippen MR) is 63.4 cm³/mol. The molecule has 4 nitrogen and oxygen atoms in total. The lowest BCUT2D eigenvalue weighted by atomic mass is 10.2. The summed E-state index contributed by atoms with van der Waals surface area (Å²) in [5.74, 6) is 0.277. The van der Waals surface area contributed by atoms with Crippen LogP contribution >= 0.6 is 0 Å². The number of aryl methyl sites for hydroxylation is 1. The Morgan fingerprint density at radius 2 is 2.00 bits per heavy atom. The molecule has 1 aromatic carbocycles. The lowest BCUT2D eigenvalue weighted by molar-refractivity contribution is 0.475. The Balaban J connectivity index is 2.07. The van der Waals surface area contributed by atoms with Gasteiger partial charge in [-0.1, -0.05) is 0 Å². The first kappa shape index (κ1) is 10.5. The fraction of sp³-hybridized carbons (Fsp3) is 0.250. The van der Waals surface area contributed by atoms with Crippen molar-refractivity contribution in [3.63, 3.8) is 0 Å². The van der Waals surface area contributed by atoms with E-state index in [0.29, 0.717) is 0 Å². The first-order valence-corrected chi connectivity index (χ1v) is 5.19. The van der Waals surface area contributed by atoms with E-state index in [1.54, 1.807) is 16.8 Å². The molecule has 2 rings (SSSR count). The van der Waals surface area contributed by atoms with Crippen molar-refractivity contribution in [2.45, 2.75) is 13.0 Å². The van der Waals surface area contributed by atoms with E-state index in [1.807, 2.05) is 31.6 Å². The first-order valence-electron chi connectivity index (χ1n) is 5.19. The number of hydrogen-bond acceptors (Lipinski definition) is 3. The maximum absolute atomic E-state index is 9.17. The quantitative estimate of drug-likeness (QED) is 0.775. The lowest BCUT2D eigenvalue weighted by Crippen LogP contribution is -2.05. The smallest absolute Gasteiger partial charge is 0.115 e. The van der Waals surface area contributed by atoms with E-state index >= 15 is 0 Å². The van der Waals surface area contributed by atoms with Crippen molar-refractivity contribution in [2.75, 3.05) is 5.32 Å². The van der Waals surface area contributed by atoms with Crippen LogP contribution in [0.2, 0.25) is 0 Å². The number of rotatable bonds is 3. The van der Waals surface area contributed by atoms with Gasteiger partial charge in [-0.05, 0) is 31.2 Å². The largest absolute Gasteiger partial charge is 0.508 e. The molecule has 2 aromatic rings. The SMILES string of the molecule is CC(Nc1ccc(O)cc1)c1cnn(C)c1. The van der Waals surface area contributed by atoms with Crippen molar-refractivity contribution >= 4 is 5.69 Å². The van der Waals surface area contributed by atoms with E-state index in [1.165, 1.54) is 0 Å². The molecule has 0 saturated heterocycles. The third kappa shape index (κ3) is 2.34. The van der Waals surface area contributed by atoms with Crippen LogP contribution in [0.15, 0.2) is 36.7 Å². The molecule has 1 aromatic heterocycles. The third-order valence-corrected chi connectivity index (χ3v) is 2.48. The molecule has 0 aliphatic carbocycles. The van der Waals surface area contributed by atoms with Crippen LogP contribution in [0.4, 0.5) is 5.69 Å². The fourth-order valence-corrected chi connectivity index (χ4v) is 1.55. The van der Waals surface area contributed by atoms with Crippen molar-refractivity contribution < 1.29 is 5.11 Å². The summed E-state index contributed by atoms with van der Waals surface area (Å²) in [6.07, 6.45) is 3.83. The monoisotopic (exact) mass is 217 g/mol. The number of hydrogen-bond donors (Lipinski definition) is 2. The highest BCUT2D eigenvalue weighted by atomic mass is 16.3. The zero-order valence-electron chi connectivity index (χ0n) is 9.38. The van der Waals surface area contributed by atoms with Crippen LogP contribution in [-0.2, 0) is 7.05 Å². The van der Waals surface area contributed by atoms with Crippen LogP contribution in [0.3, 0.4) is 0 Å². The van der Waals surface area contributed by atoms with Gasteiger partial charge in [0.25, 0.3) is 0 Å². The second kappa shape index (κ2) is 4.26. The van der Waals surface area contributed by atoms with Crippen LogP contribution < -0.4 is 5.32 Å². The number of aromatic nitrogens is 2. The Hall–Kier alpha value is -1.97. The number of phenolic OH excluding ortho intramolecular Hbond substituents is 1. The van der Waals surface area contributed by atoms with E-state index < -0.39 is 0 Å². The summed E-state index contributed by atoms with van der Waals surface area (Å²) in [4.78, 5) is 0. The van der Waals surface area contributed by atoms with Crippen LogP contribution in [0, 0.1) is 0 Å². The maximum Gasteiger partial charge on any atom is 0.115 e. The van der Waals surface area contributed by atoms with Crippen LogP contribution in [0.1, 0.15) is 18.5 Å². The highest BCUT2D eigenvalue weighted by molar-refractivity contribution is 5.47. The molecule has 0 aliphatic rings. The number of benzene rings is 1. The summed E-state index contributed by atoms with van der Waals surface area (Å²) >= 11 is 0. The molecule has 0 fully saturated rings. The molecular weight excluding hydrogens is 202 g/mol. The summed E-state index contributed by atoms with van der Waals surface area (Å²) < 4.78 is 1.78. The Bertz CT molecular complexity index is 461. The average molecular weight is 217 g/mol. The molecule has 0 radical (unpaired) electrons. The molecule has 1 unspecified atom stereocenters. The molecule has 1 heterocycles. The van der Waals surface area contributed by atoms with Gasteiger partial charge in [-0.2, -0.15) is 5.10 Å². The molecule has 0 saturated carbocycles. The Morgan fingerprint density at radius 1 is 1.31 bits per heavy atom. The fourth-order valence-electron chi connectivity index (χ4n) is 1.55. The molecule has 4 heteroatoms. The van der Waals surface area contributed by atoms with Crippen molar-refractivity contribution in [1.29, 1.82) is 0 Å². The third-order valence-electron chi connectivity index (χ3n) is 2.48. The van der Waals surface area contributed by atoms with Gasteiger partial charge in [0.2, 0.25) is 0 Å². The zero-order chi connectivity index (χ0) is 11.5. The Kier molecular flexibility index (Phi) is 2.81. The van der Waals surface area contributed by atoms with Gasteiger partial charge in [-0.3, -0.25) is 4.68 Å². The highest BCUT2D eigenvalue weighted by Crippen LogP contribution is 2.20. The minimum Gasteiger partial charge on any atom is -0.508 e. The molecule has 84 valence electrons. The van der Waals surface area contributed by atoms with Gasteiger partial charge in [0.15, 0.2) is 0 Å². The first-order chi connectivity index (χ1) is 7.65. The predicted octanol–water partition coefficient (Wildman–Crippen LogP) is 2.30. The molecule has 0 spiro atoms. The number of phenols is 1. The van der Waals surface area contributed by atoms with Crippen LogP contribution in [0.5, 0.6) is 5.75 Å². The summed E-state index contributed by atoms with van der Waals surface area (Å²) in [6.45, 7) is 2.07. The van der Waals surface area contributed by atoms with Gasteiger partial charge in [-0.25, -0.2) is 0 Å². The van der Waals surface area contributed by atoms with E-state index in [-0.39, 0.29) is 11.8 Å². The van der Waals surface area contributed by atoms with E-state index in [2.05, 4.69) is 17.3 Å². The number of aromatic hydroxyl groups is 1. The summed E-state index contributed by atoms with van der Waals surface area (Å²) in [7, 11) is 1.90. The number of nitrogens with one attached hydrogen (secondary N) is 1. The topological polar surface area (TPSA) is 50.1 Å². The highest BCUT2D eigenvalue weighted by Gasteiger charge is 2.06. The Labute approximate surface area is 94.5 Å². The maximum atomic E-state index is 9.17. The standard InChI is InChI=1S/C12H15N3O/c1-9(10-7-13-15(2)8-10)14-11-3-5-12(16)6-4-11/h3-9,14,16H,1-2H3. The second-order valence-corrected chi connectivity index (χ2v) is 3.86. The zero-order valence-corrected chi connectivity index (χ0v) is 9.38. The van der Waals surface area contributed by atoms with Gasteiger partial charge in [0.05, 0.1) is 12.2 Å². The number of anilines is 1. The summed E-state index contributed by atoms with van der Waals surface area (Å²) in [5.41, 5.74) is 2.12. The lowest BCUT2D eigenvalue weighted by Gasteiger charge is -2.13. The van der Waals surface area contributed by atoms with E-state index in [0.717, 1.165) is 11.3 Å². The van der Waals surface area contributed by atoms with Gasteiger partial charge in [-0.15, -0.1) is 0 Å². The van der Waals surface area contributed by atoms with Crippen molar-refractivity contribution in [3.8, 4) is 5.75 Å². The average Bonchev–Trinajstić information content (AvgIpc) is 2.68. The van der Waals surface area contributed by atoms with Gasteiger partial charge < -0.3 is 10.4 Å². The molecule has 0 bridgehead atoms. The normalized spacial score (nSPS) is 12.4. The minimum atomic E-state index is 0.193. The molecule has 2 N–H and O–H groups in total. The number of nitrogens with zero attached hydrogens (tertiary/aromatic N) is 2. The van der Waals surface area contributed by atoms with Gasteiger partial charge in [0, 0.05) is 24.5 Å².